The number of hydrogen-bond acceptors (Lipinski definition) is 5. The Labute approximate surface area is 235 Å². The highest BCUT2D eigenvalue weighted by molar-refractivity contribution is 9.10. The first kappa shape index (κ1) is 25.1. The largest absolute Gasteiger partial charge is 0.381 e. The van der Waals surface area contributed by atoms with Crippen LogP contribution in [0.3, 0.4) is 0 Å². The number of hydrogen-bond donors (Lipinski definition) is 0. The molecule has 0 unspecified atom stereocenters. The zero-order chi connectivity index (χ0) is 25.2. The van der Waals surface area contributed by atoms with Gasteiger partial charge in [-0.1, -0.05) is 31.9 Å². The maximum atomic E-state index is 6.30. The molecule has 6 rings (SSSR count). The Morgan fingerprint density at radius 3 is 1.51 bits per heavy atom. The van der Waals surface area contributed by atoms with Crippen molar-refractivity contribution < 1.29 is 4.74 Å². The maximum absolute atomic E-state index is 6.30. The summed E-state index contributed by atoms with van der Waals surface area (Å²) < 4.78 is 8.50. The van der Waals surface area contributed by atoms with Crippen LogP contribution in [0.5, 0.6) is 0 Å². The lowest BCUT2D eigenvalue weighted by Gasteiger charge is -2.35. The van der Waals surface area contributed by atoms with Crippen LogP contribution in [0.2, 0.25) is 0 Å². The van der Waals surface area contributed by atoms with Gasteiger partial charge in [-0.05, 0) is 86.1 Å². The van der Waals surface area contributed by atoms with E-state index in [4.69, 9.17) is 4.74 Å². The van der Waals surface area contributed by atoms with Gasteiger partial charge in [-0.2, -0.15) is 0 Å². The predicted molar refractivity (Wildman–Crippen MR) is 160 cm³/mol. The second kappa shape index (κ2) is 11.3. The van der Waals surface area contributed by atoms with E-state index in [1.807, 2.05) is 12.4 Å². The first-order valence-electron chi connectivity index (χ1n) is 13.3. The summed E-state index contributed by atoms with van der Waals surface area (Å²) in [4.78, 5) is 14.1. The standard InChI is InChI=1S/C30H32Br2N4O/c31-23-1-3-27-25(17-23)29(5-11-33-27)35-13-7-21(8-14-35)19-37-20-22-9-15-36(16-10-22)30-6-12-34-28-4-2-24(32)18-26(28)30/h1-6,11-12,17-18,21-22H,7-10,13-16,19-20H2. The van der Waals surface area contributed by atoms with Gasteiger partial charge in [-0.25, -0.2) is 0 Å². The van der Waals surface area contributed by atoms with Crippen molar-refractivity contribution in [3.63, 3.8) is 0 Å². The molecule has 7 heteroatoms. The van der Waals surface area contributed by atoms with Crippen LogP contribution in [0, 0.1) is 11.8 Å². The van der Waals surface area contributed by atoms with E-state index in [1.165, 1.54) is 47.8 Å². The first-order chi connectivity index (χ1) is 18.1. The normalized spacial score (nSPS) is 17.7. The summed E-state index contributed by atoms with van der Waals surface area (Å²) in [5.41, 5.74) is 4.71. The third kappa shape index (κ3) is 5.64. The van der Waals surface area contributed by atoms with Crippen LogP contribution in [-0.2, 0) is 4.74 Å². The minimum absolute atomic E-state index is 0.651. The van der Waals surface area contributed by atoms with Gasteiger partial charge in [-0.15, -0.1) is 0 Å². The third-order valence-electron chi connectivity index (χ3n) is 7.98. The van der Waals surface area contributed by atoms with Crippen molar-refractivity contribution in [2.45, 2.75) is 25.7 Å². The summed E-state index contributed by atoms with van der Waals surface area (Å²) in [5.74, 6) is 1.30. The number of piperidine rings is 2. The van der Waals surface area contributed by atoms with Crippen LogP contribution in [0.4, 0.5) is 11.4 Å². The minimum atomic E-state index is 0.651. The molecular formula is C30H32Br2N4O. The molecule has 0 aliphatic carbocycles. The summed E-state index contributed by atoms with van der Waals surface area (Å²) in [6.07, 6.45) is 8.59. The number of anilines is 2. The van der Waals surface area contributed by atoms with E-state index in [-0.39, 0.29) is 0 Å². The van der Waals surface area contributed by atoms with Crippen molar-refractivity contribution in [3.05, 3.63) is 69.9 Å². The van der Waals surface area contributed by atoms with Crippen molar-refractivity contribution in [2.75, 3.05) is 49.2 Å². The van der Waals surface area contributed by atoms with Crippen LogP contribution in [0.15, 0.2) is 69.9 Å². The molecule has 37 heavy (non-hydrogen) atoms. The lowest BCUT2D eigenvalue weighted by molar-refractivity contribution is 0.0579. The van der Waals surface area contributed by atoms with E-state index >= 15 is 0 Å². The molecule has 192 valence electrons. The second-order valence-corrected chi connectivity index (χ2v) is 12.2. The fourth-order valence-corrected chi connectivity index (χ4v) is 6.56. The zero-order valence-corrected chi connectivity index (χ0v) is 24.1. The van der Waals surface area contributed by atoms with Crippen molar-refractivity contribution >= 4 is 65.0 Å². The number of aromatic nitrogens is 2. The van der Waals surface area contributed by atoms with Gasteiger partial charge in [0, 0.05) is 82.9 Å². The number of fused-ring (bicyclic) bond motifs is 2. The Kier molecular flexibility index (Phi) is 7.63. The summed E-state index contributed by atoms with van der Waals surface area (Å²) in [5, 5.41) is 2.45. The number of benzene rings is 2. The highest BCUT2D eigenvalue weighted by Crippen LogP contribution is 2.33. The smallest absolute Gasteiger partial charge is 0.0723 e. The average Bonchev–Trinajstić information content (AvgIpc) is 2.93. The van der Waals surface area contributed by atoms with Gasteiger partial charge < -0.3 is 14.5 Å². The number of ether oxygens (including phenoxy) is 1. The molecule has 0 N–H and O–H groups in total. The first-order valence-corrected chi connectivity index (χ1v) is 14.9. The molecule has 0 radical (unpaired) electrons. The van der Waals surface area contributed by atoms with Gasteiger partial charge in [0.15, 0.2) is 0 Å². The van der Waals surface area contributed by atoms with Crippen molar-refractivity contribution in [1.82, 2.24) is 9.97 Å². The van der Waals surface area contributed by atoms with Crippen LogP contribution in [0.1, 0.15) is 25.7 Å². The molecule has 2 aromatic heterocycles. The molecule has 2 fully saturated rings. The molecule has 2 aromatic carbocycles. The predicted octanol–water partition coefficient (Wildman–Crippen LogP) is 7.46. The molecule has 0 bridgehead atoms. The van der Waals surface area contributed by atoms with Gasteiger partial charge in [0.05, 0.1) is 11.0 Å². The SMILES string of the molecule is Brc1ccc2nccc(N3CCC(COCC4CCN(c5ccnc6ccc(Br)cc56)CC4)CC3)c2c1. The zero-order valence-electron chi connectivity index (χ0n) is 21.0. The summed E-state index contributed by atoms with van der Waals surface area (Å²) in [7, 11) is 0. The molecule has 2 saturated heterocycles. The molecular weight excluding hydrogens is 592 g/mol. The monoisotopic (exact) mass is 622 g/mol. The molecule has 0 amide bonds. The lowest BCUT2D eigenvalue weighted by atomic mass is 9.95. The molecule has 2 aliphatic rings. The van der Waals surface area contributed by atoms with E-state index < -0.39 is 0 Å². The van der Waals surface area contributed by atoms with E-state index in [1.54, 1.807) is 0 Å². The second-order valence-electron chi connectivity index (χ2n) is 10.4. The van der Waals surface area contributed by atoms with Gasteiger partial charge in [0.1, 0.15) is 0 Å². The minimum Gasteiger partial charge on any atom is -0.381 e. The van der Waals surface area contributed by atoms with Crippen LogP contribution in [0.25, 0.3) is 21.8 Å². The fourth-order valence-electron chi connectivity index (χ4n) is 5.84. The summed E-state index contributed by atoms with van der Waals surface area (Å²) >= 11 is 7.24. The topological polar surface area (TPSA) is 41.5 Å². The Morgan fingerprint density at radius 1 is 0.649 bits per heavy atom. The number of nitrogens with zero attached hydrogens (tertiary/aromatic N) is 4. The van der Waals surface area contributed by atoms with E-state index in [0.29, 0.717) is 11.8 Å². The van der Waals surface area contributed by atoms with Crippen LogP contribution >= 0.6 is 31.9 Å². The van der Waals surface area contributed by atoms with Gasteiger partial charge in [0.2, 0.25) is 0 Å². The number of halogens is 2. The summed E-state index contributed by atoms with van der Waals surface area (Å²) in [6.45, 7) is 6.09. The van der Waals surface area contributed by atoms with Crippen LogP contribution in [-0.4, -0.2) is 49.4 Å². The molecule has 0 spiro atoms. The van der Waals surface area contributed by atoms with Crippen molar-refractivity contribution in [1.29, 1.82) is 0 Å². The molecule has 4 aromatic rings. The number of pyridine rings is 2. The lowest BCUT2D eigenvalue weighted by Crippen LogP contribution is -2.37. The Hall–Kier alpha value is -2.22. The molecule has 5 nitrogen and oxygen atoms in total. The van der Waals surface area contributed by atoms with Gasteiger partial charge >= 0.3 is 0 Å². The quantitative estimate of drug-likeness (QED) is 0.223. The van der Waals surface area contributed by atoms with Gasteiger partial charge in [-0.3, -0.25) is 9.97 Å². The molecule has 2 aliphatic heterocycles. The van der Waals surface area contributed by atoms with Crippen LogP contribution < -0.4 is 9.80 Å². The van der Waals surface area contributed by atoms with Crippen molar-refractivity contribution in [2.24, 2.45) is 11.8 Å². The molecule has 4 heterocycles. The van der Waals surface area contributed by atoms with E-state index in [2.05, 4.69) is 100 Å². The van der Waals surface area contributed by atoms with Crippen molar-refractivity contribution in [3.8, 4) is 0 Å². The highest BCUT2D eigenvalue weighted by Gasteiger charge is 2.24. The molecule has 0 saturated carbocycles. The third-order valence-corrected chi connectivity index (χ3v) is 8.97. The number of rotatable bonds is 6. The Morgan fingerprint density at radius 2 is 1.08 bits per heavy atom. The Balaban J connectivity index is 0.970. The fraction of sp³-hybridized carbons (Fsp3) is 0.400. The van der Waals surface area contributed by atoms with E-state index in [0.717, 1.165) is 59.4 Å². The van der Waals surface area contributed by atoms with Gasteiger partial charge in [0.25, 0.3) is 0 Å². The Bertz CT molecular complexity index is 1280. The molecule has 0 atom stereocenters. The van der Waals surface area contributed by atoms with E-state index in [9.17, 15) is 0 Å². The summed E-state index contributed by atoms with van der Waals surface area (Å²) in [6, 6.07) is 17.0. The highest BCUT2D eigenvalue weighted by atomic mass is 79.9. The maximum Gasteiger partial charge on any atom is 0.0723 e. The average molecular weight is 624 g/mol.